The minimum Gasteiger partial charge on any atom is -0.369 e. The summed E-state index contributed by atoms with van der Waals surface area (Å²) in [6, 6.07) is 0. The van der Waals surface area contributed by atoms with E-state index in [-0.39, 0.29) is 11.5 Å². The largest absolute Gasteiger partial charge is 0.369 e. The van der Waals surface area contributed by atoms with Crippen LogP contribution in [-0.4, -0.2) is 16.5 Å². The maximum absolute atomic E-state index is 11.2. The highest BCUT2D eigenvalue weighted by Gasteiger charge is 2.09. The number of nitrogens with two attached hydrogens (primary N) is 1. The summed E-state index contributed by atoms with van der Waals surface area (Å²) in [5.74, 6) is 0.695. The lowest BCUT2D eigenvalue weighted by Crippen LogP contribution is -2.19. The first-order valence-electron chi connectivity index (χ1n) is 3.57. The average molecular weight is 164 g/mol. The Kier molecular flexibility index (Phi) is 1.36. The Bertz CT molecular complexity index is 393. The van der Waals surface area contributed by atoms with Crippen LogP contribution in [0.15, 0.2) is 10.9 Å². The van der Waals surface area contributed by atoms with Gasteiger partial charge in [-0.25, -0.2) is 0 Å². The van der Waals surface area contributed by atoms with Gasteiger partial charge in [0.25, 0.3) is 5.56 Å². The normalized spacial score (nSPS) is 13.7. The standard InChI is InChI=1S/C7H8N4O/c8-7-10-5-4(6(12)11-7)2-1-3-9-5/h1-2H,3H2,(H4,8,9,10,11,12). The van der Waals surface area contributed by atoms with E-state index in [0.29, 0.717) is 17.9 Å². The molecule has 0 saturated carbocycles. The third-order valence-electron chi connectivity index (χ3n) is 1.65. The summed E-state index contributed by atoms with van der Waals surface area (Å²) in [5.41, 5.74) is 5.68. The second kappa shape index (κ2) is 2.37. The number of nitrogen functional groups attached to an aromatic ring is 1. The molecule has 0 aromatic carbocycles. The molecule has 0 aliphatic carbocycles. The van der Waals surface area contributed by atoms with Crippen molar-refractivity contribution in [3.8, 4) is 0 Å². The quantitative estimate of drug-likeness (QED) is 0.495. The van der Waals surface area contributed by atoms with Crippen molar-refractivity contribution >= 4 is 17.8 Å². The van der Waals surface area contributed by atoms with Gasteiger partial charge < -0.3 is 11.1 Å². The maximum atomic E-state index is 11.2. The third kappa shape index (κ3) is 0.952. The molecule has 2 heterocycles. The van der Waals surface area contributed by atoms with Crippen LogP contribution in [0.1, 0.15) is 5.56 Å². The first-order valence-corrected chi connectivity index (χ1v) is 3.57. The van der Waals surface area contributed by atoms with Gasteiger partial charge in [0.2, 0.25) is 5.95 Å². The van der Waals surface area contributed by atoms with Crippen molar-refractivity contribution in [1.29, 1.82) is 0 Å². The first kappa shape index (κ1) is 6.90. The van der Waals surface area contributed by atoms with Gasteiger partial charge in [0.05, 0.1) is 5.56 Å². The van der Waals surface area contributed by atoms with Crippen LogP contribution in [0.4, 0.5) is 11.8 Å². The monoisotopic (exact) mass is 164 g/mol. The number of rotatable bonds is 0. The van der Waals surface area contributed by atoms with Crippen LogP contribution < -0.4 is 16.6 Å². The zero-order valence-corrected chi connectivity index (χ0v) is 6.29. The van der Waals surface area contributed by atoms with E-state index >= 15 is 0 Å². The minimum absolute atomic E-state index is 0.140. The number of hydrogen-bond acceptors (Lipinski definition) is 4. The molecule has 5 heteroatoms. The van der Waals surface area contributed by atoms with Crippen molar-refractivity contribution in [3.63, 3.8) is 0 Å². The van der Waals surface area contributed by atoms with Crippen LogP contribution in [0.5, 0.6) is 0 Å². The van der Waals surface area contributed by atoms with Crippen molar-refractivity contribution in [1.82, 2.24) is 9.97 Å². The smallest absolute Gasteiger partial charge is 0.261 e. The van der Waals surface area contributed by atoms with E-state index in [4.69, 9.17) is 5.73 Å². The molecule has 12 heavy (non-hydrogen) atoms. The highest BCUT2D eigenvalue weighted by molar-refractivity contribution is 5.66. The predicted molar refractivity (Wildman–Crippen MR) is 46.8 cm³/mol. The van der Waals surface area contributed by atoms with Crippen LogP contribution in [0.25, 0.3) is 6.08 Å². The molecular weight excluding hydrogens is 156 g/mol. The Balaban J connectivity index is 2.71. The van der Waals surface area contributed by atoms with E-state index in [1.165, 1.54) is 0 Å². The predicted octanol–water partition coefficient (Wildman–Crippen LogP) is -0.209. The van der Waals surface area contributed by atoms with E-state index in [1.807, 2.05) is 6.08 Å². The third-order valence-corrected chi connectivity index (χ3v) is 1.65. The number of H-pyrrole nitrogens is 1. The maximum Gasteiger partial charge on any atom is 0.261 e. The van der Waals surface area contributed by atoms with Crippen LogP contribution in [0.2, 0.25) is 0 Å². The van der Waals surface area contributed by atoms with Gasteiger partial charge in [0.1, 0.15) is 5.82 Å². The van der Waals surface area contributed by atoms with Crippen molar-refractivity contribution in [2.75, 3.05) is 17.6 Å². The molecule has 0 fully saturated rings. The second-order valence-electron chi connectivity index (χ2n) is 2.50. The Hall–Kier alpha value is -1.78. The van der Waals surface area contributed by atoms with Crippen molar-refractivity contribution in [2.45, 2.75) is 0 Å². The van der Waals surface area contributed by atoms with Gasteiger partial charge in [-0.1, -0.05) is 6.08 Å². The van der Waals surface area contributed by atoms with E-state index < -0.39 is 0 Å². The fourth-order valence-electron chi connectivity index (χ4n) is 1.12. The lowest BCUT2D eigenvalue weighted by Gasteiger charge is -2.10. The number of hydrogen-bond donors (Lipinski definition) is 3. The van der Waals surface area contributed by atoms with Gasteiger partial charge in [-0.2, -0.15) is 4.98 Å². The van der Waals surface area contributed by atoms with Gasteiger partial charge in [0, 0.05) is 6.54 Å². The fourth-order valence-corrected chi connectivity index (χ4v) is 1.12. The Labute approximate surface area is 68.3 Å². The number of aromatic nitrogens is 2. The van der Waals surface area contributed by atoms with E-state index in [0.717, 1.165) is 0 Å². The lowest BCUT2D eigenvalue weighted by molar-refractivity contribution is 1.10. The van der Waals surface area contributed by atoms with Gasteiger partial charge in [-0.15, -0.1) is 0 Å². The number of nitrogens with zero attached hydrogens (tertiary/aromatic N) is 1. The molecule has 0 unspecified atom stereocenters. The molecule has 62 valence electrons. The van der Waals surface area contributed by atoms with Crippen LogP contribution in [0, 0.1) is 0 Å². The summed E-state index contributed by atoms with van der Waals surface area (Å²) in [4.78, 5) is 17.6. The second-order valence-corrected chi connectivity index (χ2v) is 2.50. The van der Waals surface area contributed by atoms with Gasteiger partial charge >= 0.3 is 0 Å². The molecule has 0 spiro atoms. The molecule has 0 saturated heterocycles. The summed E-state index contributed by atoms with van der Waals surface area (Å²) < 4.78 is 0. The number of aromatic amines is 1. The molecule has 0 atom stereocenters. The Morgan fingerprint density at radius 2 is 2.42 bits per heavy atom. The SMILES string of the molecule is Nc1nc2c(c(=O)[nH]1)C=CCN2. The summed E-state index contributed by atoms with van der Waals surface area (Å²) >= 11 is 0. The summed E-state index contributed by atoms with van der Waals surface area (Å²) in [5, 5.41) is 2.95. The van der Waals surface area contributed by atoms with E-state index in [2.05, 4.69) is 15.3 Å². The highest BCUT2D eigenvalue weighted by atomic mass is 16.1. The topological polar surface area (TPSA) is 83.8 Å². The minimum atomic E-state index is -0.207. The zero-order valence-electron chi connectivity index (χ0n) is 6.29. The molecular formula is C7H8N4O. The zero-order chi connectivity index (χ0) is 8.55. The molecule has 0 radical (unpaired) electrons. The number of anilines is 2. The van der Waals surface area contributed by atoms with Crippen LogP contribution in [-0.2, 0) is 0 Å². The van der Waals surface area contributed by atoms with Crippen molar-refractivity contribution in [3.05, 3.63) is 22.0 Å². The Morgan fingerprint density at radius 3 is 3.25 bits per heavy atom. The molecule has 1 aliphatic rings. The average Bonchev–Trinajstić information content (AvgIpc) is 2.04. The van der Waals surface area contributed by atoms with Crippen LogP contribution in [0.3, 0.4) is 0 Å². The summed E-state index contributed by atoms with van der Waals surface area (Å²) in [7, 11) is 0. The highest BCUT2D eigenvalue weighted by Crippen LogP contribution is 2.13. The molecule has 1 aromatic heterocycles. The first-order chi connectivity index (χ1) is 5.77. The Morgan fingerprint density at radius 1 is 1.58 bits per heavy atom. The number of fused-ring (bicyclic) bond motifs is 1. The van der Waals surface area contributed by atoms with Gasteiger partial charge in [-0.05, 0) is 6.08 Å². The van der Waals surface area contributed by atoms with Gasteiger partial charge in [-0.3, -0.25) is 9.78 Å². The van der Waals surface area contributed by atoms with Crippen LogP contribution >= 0.6 is 0 Å². The van der Waals surface area contributed by atoms with E-state index in [9.17, 15) is 4.79 Å². The summed E-state index contributed by atoms with van der Waals surface area (Å²) in [6.45, 7) is 0.683. The molecule has 0 bridgehead atoms. The van der Waals surface area contributed by atoms with Gasteiger partial charge in [0.15, 0.2) is 0 Å². The fraction of sp³-hybridized carbons (Fsp3) is 0.143. The number of nitrogens with one attached hydrogen (secondary N) is 2. The molecule has 2 rings (SSSR count). The van der Waals surface area contributed by atoms with E-state index in [1.54, 1.807) is 6.08 Å². The summed E-state index contributed by atoms with van der Waals surface area (Å²) in [6.07, 6.45) is 3.59. The molecule has 5 nitrogen and oxygen atoms in total. The lowest BCUT2D eigenvalue weighted by atomic mass is 10.2. The molecule has 1 aromatic rings. The van der Waals surface area contributed by atoms with Crippen molar-refractivity contribution in [2.24, 2.45) is 0 Å². The van der Waals surface area contributed by atoms with Crippen molar-refractivity contribution < 1.29 is 0 Å². The molecule has 4 N–H and O–H groups in total. The molecule has 1 aliphatic heterocycles. The molecule has 0 amide bonds.